The first-order chi connectivity index (χ1) is 6.79. The van der Waals surface area contributed by atoms with Crippen LogP contribution in [0.2, 0.25) is 0 Å². The Morgan fingerprint density at radius 2 is 2.36 bits per heavy atom. The molecule has 1 fully saturated rings. The van der Waals surface area contributed by atoms with Crippen molar-refractivity contribution in [2.45, 2.75) is 26.2 Å². The summed E-state index contributed by atoms with van der Waals surface area (Å²) in [6, 6.07) is 2.30. The van der Waals surface area contributed by atoms with Gasteiger partial charge in [0.05, 0.1) is 0 Å². The normalized spacial score (nSPS) is 28.2. The average molecular weight is 209 g/mol. The van der Waals surface area contributed by atoms with Gasteiger partial charge in [-0.05, 0) is 59.7 Å². The molecule has 2 rings (SSSR count). The number of rotatable bonds is 2. The van der Waals surface area contributed by atoms with Gasteiger partial charge in [-0.1, -0.05) is 13.8 Å². The Bertz CT molecular complexity index is 266. The first-order valence-corrected chi connectivity index (χ1v) is 6.46. The number of hydrogen-bond donors (Lipinski definition) is 1. The molecule has 0 saturated carbocycles. The maximum Gasteiger partial charge on any atom is -0.00122 e. The van der Waals surface area contributed by atoms with Gasteiger partial charge in [0.15, 0.2) is 0 Å². The molecule has 2 heterocycles. The van der Waals surface area contributed by atoms with E-state index in [0.717, 1.165) is 17.8 Å². The number of piperidine rings is 1. The number of thiophene rings is 1. The van der Waals surface area contributed by atoms with Crippen molar-refractivity contribution in [2.24, 2.45) is 11.8 Å². The van der Waals surface area contributed by atoms with Crippen LogP contribution in [0.25, 0.3) is 0 Å². The third-order valence-corrected chi connectivity index (χ3v) is 4.06. The molecule has 1 N–H and O–H groups in total. The second kappa shape index (κ2) is 4.45. The molecule has 78 valence electrons. The average Bonchev–Trinajstić information content (AvgIpc) is 2.70. The molecule has 0 radical (unpaired) electrons. The molecule has 0 aliphatic carbocycles. The molecule has 0 amide bonds. The molecule has 1 nitrogen and oxygen atoms in total. The van der Waals surface area contributed by atoms with Gasteiger partial charge < -0.3 is 5.32 Å². The largest absolute Gasteiger partial charge is 0.316 e. The fourth-order valence-electron chi connectivity index (χ4n) is 2.48. The van der Waals surface area contributed by atoms with Crippen LogP contribution < -0.4 is 5.32 Å². The fourth-order valence-corrected chi connectivity index (χ4v) is 3.21. The highest BCUT2D eigenvalue weighted by Crippen LogP contribution is 2.35. The minimum atomic E-state index is 0.785. The SMILES string of the molecule is CC(C)C1CNCCC1c1ccsc1. The lowest BCUT2D eigenvalue weighted by molar-refractivity contribution is 0.255. The monoisotopic (exact) mass is 209 g/mol. The van der Waals surface area contributed by atoms with Gasteiger partial charge in [-0.15, -0.1) is 0 Å². The van der Waals surface area contributed by atoms with E-state index in [2.05, 4.69) is 36.0 Å². The zero-order valence-electron chi connectivity index (χ0n) is 8.99. The maximum absolute atomic E-state index is 3.51. The summed E-state index contributed by atoms with van der Waals surface area (Å²) in [4.78, 5) is 0. The number of nitrogens with one attached hydrogen (secondary N) is 1. The van der Waals surface area contributed by atoms with Crippen molar-refractivity contribution in [1.29, 1.82) is 0 Å². The van der Waals surface area contributed by atoms with Crippen LogP contribution in [0, 0.1) is 11.8 Å². The van der Waals surface area contributed by atoms with Gasteiger partial charge in [0.1, 0.15) is 0 Å². The minimum Gasteiger partial charge on any atom is -0.316 e. The Morgan fingerprint density at radius 3 is 3.00 bits per heavy atom. The minimum absolute atomic E-state index is 0.785. The molecule has 14 heavy (non-hydrogen) atoms. The summed E-state index contributed by atoms with van der Waals surface area (Å²) >= 11 is 1.83. The highest BCUT2D eigenvalue weighted by Gasteiger charge is 2.28. The Hall–Kier alpha value is -0.340. The molecule has 0 bridgehead atoms. The van der Waals surface area contributed by atoms with Gasteiger partial charge in [0.2, 0.25) is 0 Å². The van der Waals surface area contributed by atoms with Gasteiger partial charge in [-0.3, -0.25) is 0 Å². The molecule has 1 aromatic rings. The highest BCUT2D eigenvalue weighted by atomic mass is 32.1. The van der Waals surface area contributed by atoms with E-state index in [4.69, 9.17) is 0 Å². The summed E-state index contributed by atoms with van der Waals surface area (Å²) in [5.74, 6) is 2.40. The molecule has 2 atom stereocenters. The Morgan fingerprint density at radius 1 is 1.50 bits per heavy atom. The molecule has 0 aromatic carbocycles. The van der Waals surface area contributed by atoms with E-state index in [1.807, 2.05) is 11.3 Å². The van der Waals surface area contributed by atoms with Crippen molar-refractivity contribution in [3.8, 4) is 0 Å². The van der Waals surface area contributed by atoms with Crippen molar-refractivity contribution in [1.82, 2.24) is 5.32 Å². The van der Waals surface area contributed by atoms with E-state index in [1.165, 1.54) is 19.5 Å². The van der Waals surface area contributed by atoms with Crippen LogP contribution in [0.5, 0.6) is 0 Å². The molecule has 2 heteroatoms. The zero-order chi connectivity index (χ0) is 9.97. The van der Waals surface area contributed by atoms with E-state index in [-0.39, 0.29) is 0 Å². The van der Waals surface area contributed by atoms with E-state index in [0.29, 0.717) is 0 Å². The Kier molecular flexibility index (Phi) is 3.24. The molecule has 1 aliphatic rings. The van der Waals surface area contributed by atoms with Gasteiger partial charge in [0.25, 0.3) is 0 Å². The second-order valence-corrected chi connectivity index (χ2v) is 5.34. The highest BCUT2D eigenvalue weighted by molar-refractivity contribution is 7.07. The Labute approximate surface area is 90.5 Å². The summed E-state index contributed by atoms with van der Waals surface area (Å²) in [7, 11) is 0. The molecule has 0 spiro atoms. The van der Waals surface area contributed by atoms with Crippen LogP contribution in [0.1, 0.15) is 31.7 Å². The third kappa shape index (κ3) is 2.01. The number of hydrogen-bond acceptors (Lipinski definition) is 2. The van der Waals surface area contributed by atoms with Crippen molar-refractivity contribution in [3.63, 3.8) is 0 Å². The van der Waals surface area contributed by atoms with Gasteiger partial charge in [-0.2, -0.15) is 11.3 Å². The summed E-state index contributed by atoms with van der Waals surface area (Å²) in [6.07, 6.45) is 1.31. The van der Waals surface area contributed by atoms with Gasteiger partial charge >= 0.3 is 0 Å². The molecular weight excluding hydrogens is 190 g/mol. The van der Waals surface area contributed by atoms with Crippen LogP contribution in [-0.2, 0) is 0 Å². The first kappa shape index (κ1) is 10.2. The first-order valence-electron chi connectivity index (χ1n) is 5.52. The van der Waals surface area contributed by atoms with Gasteiger partial charge in [-0.25, -0.2) is 0 Å². The standard InChI is InChI=1S/C12H19NS/c1-9(2)12-7-13-5-3-11(12)10-4-6-14-8-10/h4,6,8-9,11-13H,3,5,7H2,1-2H3. The van der Waals surface area contributed by atoms with Crippen LogP contribution >= 0.6 is 11.3 Å². The third-order valence-electron chi connectivity index (χ3n) is 3.36. The van der Waals surface area contributed by atoms with Crippen LogP contribution in [0.3, 0.4) is 0 Å². The fraction of sp³-hybridized carbons (Fsp3) is 0.667. The molecule has 1 aromatic heterocycles. The zero-order valence-corrected chi connectivity index (χ0v) is 9.81. The van der Waals surface area contributed by atoms with E-state index >= 15 is 0 Å². The molecule has 1 saturated heterocycles. The van der Waals surface area contributed by atoms with Crippen LogP contribution in [-0.4, -0.2) is 13.1 Å². The summed E-state index contributed by atoms with van der Waals surface area (Å²) < 4.78 is 0. The quantitative estimate of drug-likeness (QED) is 0.789. The topological polar surface area (TPSA) is 12.0 Å². The van der Waals surface area contributed by atoms with Crippen LogP contribution in [0.15, 0.2) is 16.8 Å². The smallest absolute Gasteiger partial charge is 0.00122 e. The van der Waals surface area contributed by atoms with Crippen molar-refractivity contribution in [2.75, 3.05) is 13.1 Å². The van der Waals surface area contributed by atoms with Gasteiger partial charge in [0, 0.05) is 0 Å². The maximum atomic E-state index is 3.51. The summed E-state index contributed by atoms with van der Waals surface area (Å²) in [5.41, 5.74) is 1.57. The lowest BCUT2D eigenvalue weighted by Gasteiger charge is -2.34. The lowest BCUT2D eigenvalue weighted by atomic mass is 9.76. The van der Waals surface area contributed by atoms with E-state index < -0.39 is 0 Å². The second-order valence-electron chi connectivity index (χ2n) is 4.56. The summed E-state index contributed by atoms with van der Waals surface area (Å²) in [5, 5.41) is 8.04. The summed E-state index contributed by atoms with van der Waals surface area (Å²) in [6.45, 7) is 7.07. The van der Waals surface area contributed by atoms with Crippen molar-refractivity contribution >= 4 is 11.3 Å². The predicted molar refractivity (Wildman–Crippen MR) is 62.9 cm³/mol. The lowest BCUT2D eigenvalue weighted by Crippen LogP contribution is -2.37. The predicted octanol–water partition coefficient (Wildman–Crippen LogP) is 3.10. The molecule has 1 aliphatic heterocycles. The van der Waals surface area contributed by atoms with Crippen molar-refractivity contribution in [3.05, 3.63) is 22.4 Å². The van der Waals surface area contributed by atoms with Crippen molar-refractivity contribution < 1.29 is 0 Å². The van der Waals surface area contributed by atoms with E-state index in [9.17, 15) is 0 Å². The Balaban J connectivity index is 2.14. The molecular formula is C12H19NS. The van der Waals surface area contributed by atoms with Crippen LogP contribution in [0.4, 0.5) is 0 Å². The van der Waals surface area contributed by atoms with E-state index in [1.54, 1.807) is 5.56 Å². The molecule has 2 unspecified atom stereocenters.